The van der Waals surface area contributed by atoms with Crippen LogP contribution in [0.1, 0.15) is 19.4 Å². The summed E-state index contributed by atoms with van der Waals surface area (Å²) < 4.78 is 1.08. The largest absolute Gasteiger partial charge is 0.354 e. The third-order valence-corrected chi connectivity index (χ3v) is 6.92. The van der Waals surface area contributed by atoms with E-state index in [1.54, 1.807) is 4.68 Å². The number of nitrogens with one attached hydrogen (secondary N) is 1. The fourth-order valence-corrected chi connectivity index (χ4v) is 4.55. The van der Waals surface area contributed by atoms with Crippen LogP contribution in [0.25, 0.3) is 27.6 Å². The van der Waals surface area contributed by atoms with Gasteiger partial charge in [-0.3, -0.25) is 0 Å². The molecule has 186 valence electrons. The van der Waals surface area contributed by atoms with Crippen molar-refractivity contribution in [3.05, 3.63) is 72.8 Å². The highest BCUT2D eigenvalue weighted by Crippen LogP contribution is 2.30. The van der Waals surface area contributed by atoms with Crippen molar-refractivity contribution in [2.45, 2.75) is 18.1 Å². The highest BCUT2D eigenvalue weighted by Gasteiger charge is 2.18. The number of rotatable bonds is 6. The number of piperazine rings is 1. The fraction of sp³-hybridized carbons (Fsp3) is 0.296. The second kappa shape index (κ2) is 10.2. The van der Waals surface area contributed by atoms with Crippen LogP contribution >= 0.6 is 25.3 Å². The maximum absolute atomic E-state index is 4.66. The number of benzene rings is 1. The zero-order valence-corrected chi connectivity index (χ0v) is 22.5. The number of likely N-dealkylation sites (N-methyl/N-ethyl adjacent to an activating group) is 1. The van der Waals surface area contributed by atoms with Crippen molar-refractivity contribution in [3.63, 3.8) is 0 Å². The van der Waals surface area contributed by atoms with E-state index in [9.17, 15) is 0 Å². The lowest BCUT2D eigenvalue weighted by Crippen LogP contribution is -2.44. The Morgan fingerprint density at radius 3 is 2.50 bits per heavy atom. The molecule has 0 aliphatic carbocycles. The Morgan fingerprint density at radius 2 is 1.78 bits per heavy atom. The predicted molar refractivity (Wildman–Crippen MR) is 156 cm³/mol. The Labute approximate surface area is 223 Å². The third kappa shape index (κ3) is 5.38. The molecule has 4 aromatic rings. The maximum Gasteiger partial charge on any atom is 0.145 e. The molecule has 36 heavy (non-hydrogen) atoms. The lowest BCUT2D eigenvalue weighted by Gasteiger charge is -2.33. The number of fused-ring (bicyclic) bond motifs is 1. The van der Waals surface area contributed by atoms with Gasteiger partial charge in [-0.15, -0.1) is 25.3 Å². The van der Waals surface area contributed by atoms with E-state index < -0.39 is 4.20 Å². The van der Waals surface area contributed by atoms with Crippen molar-refractivity contribution in [2.24, 2.45) is 0 Å². The number of hydrogen-bond donors (Lipinski definition) is 3. The molecule has 0 atom stereocenters. The van der Waals surface area contributed by atoms with E-state index >= 15 is 0 Å². The molecule has 4 heterocycles. The zero-order valence-electron chi connectivity index (χ0n) is 20.8. The number of anilines is 2. The smallest absolute Gasteiger partial charge is 0.145 e. The van der Waals surface area contributed by atoms with Gasteiger partial charge in [-0.1, -0.05) is 18.2 Å². The van der Waals surface area contributed by atoms with Crippen LogP contribution in [0.4, 0.5) is 11.6 Å². The monoisotopic (exact) mass is 517 g/mol. The van der Waals surface area contributed by atoms with Crippen LogP contribution in [0.2, 0.25) is 0 Å². The summed E-state index contributed by atoms with van der Waals surface area (Å²) >= 11 is 8.98. The van der Waals surface area contributed by atoms with Gasteiger partial charge in [-0.2, -0.15) is 5.10 Å². The van der Waals surface area contributed by atoms with Gasteiger partial charge in [0.2, 0.25) is 0 Å². The van der Waals surface area contributed by atoms with Gasteiger partial charge in [0.05, 0.1) is 6.20 Å². The lowest BCUT2D eigenvalue weighted by molar-refractivity contribution is 0.312. The molecule has 0 saturated carbocycles. The number of pyridine rings is 2. The summed E-state index contributed by atoms with van der Waals surface area (Å²) in [5.74, 6) is 1.80. The summed E-state index contributed by atoms with van der Waals surface area (Å²) in [7, 11) is 2.16. The van der Waals surface area contributed by atoms with Gasteiger partial charge in [0.25, 0.3) is 0 Å². The summed E-state index contributed by atoms with van der Waals surface area (Å²) in [6, 6.07) is 12.6. The SMILES string of the molecule is C/C=C(/Nc1cc2cc(-c3cnn(C(C)(S)S)c3)ccc2cn1)c1ccnc(N2CCN(C)CC2)c1. The highest BCUT2D eigenvalue weighted by molar-refractivity contribution is 7.99. The van der Waals surface area contributed by atoms with Gasteiger partial charge < -0.3 is 15.1 Å². The standard InChI is InChI=1S/C27H31N7S2/c1-4-24(20-7-8-28-26(15-20)33-11-9-32(3)10-12-33)31-25-14-22-13-19(5-6-21(22)16-29-25)23-17-30-34(18-23)27(2,35)36/h4-8,13-18,35-36H,9-12H2,1-3H3,(H,29,31)/b24-4+. The first-order valence-corrected chi connectivity index (χ1v) is 12.9. The van der Waals surface area contributed by atoms with E-state index in [0.717, 1.165) is 71.0 Å². The number of aromatic nitrogens is 4. The van der Waals surface area contributed by atoms with Crippen molar-refractivity contribution < 1.29 is 0 Å². The Morgan fingerprint density at radius 1 is 0.972 bits per heavy atom. The van der Waals surface area contributed by atoms with Crippen molar-refractivity contribution in [1.82, 2.24) is 24.6 Å². The first kappa shape index (κ1) is 24.7. The van der Waals surface area contributed by atoms with Gasteiger partial charge in [0, 0.05) is 67.0 Å². The maximum atomic E-state index is 4.66. The van der Waals surface area contributed by atoms with Gasteiger partial charge in [0.1, 0.15) is 15.8 Å². The van der Waals surface area contributed by atoms with Gasteiger partial charge in [-0.05, 0) is 56.1 Å². The molecule has 1 saturated heterocycles. The normalized spacial score (nSPS) is 15.5. The minimum absolute atomic E-state index is 0.657. The van der Waals surface area contributed by atoms with E-state index in [0.29, 0.717) is 0 Å². The Balaban J connectivity index is 1.38. The molecular formula is C27H31N7S2. The van der Waals surface area contributed by atoms with Crippen LogP contribution < -0.4 is 10.2 Å². The summed E-state index contributed by atoms with van der Waals surface area (Å²) in [4.78, 5) is 14.0. The minimum atomic E-state index is -0.657. The van der Waals surface area contributed by atoms with Crippen molar-refractivity contribution in [2.75, 3.05) is 43.4 Å². The van der Waals surface area contributed by atoms with Gasteiger partial charge in [0.15, 0.2) is 0 Å². The molecule has 1 N–H and O–H groups in total. The Bertz CT molecular complexity index is 1400. The second-order valence-electron chi connectivity index (χ2n) is 9.30. The third-order valence-electron chi connectivity index (χ3n) is 6.51. The number of hydrogen-bond acceptors (Lipinski definition) is 8. The molecule has 3 aromatic heterocycles. The summed E-state index contributed by atoms with van der Waals surface area (Å²) in [6.07, 6.45) is 9.66. The molecule has 0 bridgehead atoms. The Kier molecular flexibility index (Phi) is 6.96. The van der Waals surface area contributed by atoms with Crippen LogP contribution in [0.15, 0.2) is 67.3 Å². The molecule has 0 radical (unpaired) electrons. The van der Waals surface area contributed by atoms with E-state index in [-0.39, 0.29) is 0 Å². The summed E-state index contributed by atoms with van der Waals surface area (Å²) in [5.41, 5.74) is 4.18. The molecule has 1 aliphatic rings. The highest BCUT2D eigenvalue weighted by atomic mass is 32.2. The molecular weight excluding hydrogens is 486 g/mol. The predicted octanol–water partition coefficient (Wildman–Crippen LogP) is 5.21. The molecule has 5 rings (SSSR count). The van der Waals surface area contributed by atoms with Crippen LogP contribution in [0, 0.1) is 0 Å². The van der Waals surface area contributed by atoms with Crippen LogP contribution in [-0.4, -0.2) is 57.9 Å². The van der Waals surface area contributed by atoms with Gasteiger partial charge >= 0.3 is 0 Å². The average Bonchev–Trinajstić information content (AvgIpc) is 3.39. The Hall–Kier alpha value is -3.01. The van der Waals surface area contributed by atoms with Crippen LogP contribution in [0.5, 0.6) is 0 Å². The number of thiol groups is 2. The van der Waals surface area contributed by atoms with Crippen molar-refractivity contribution in [3.8, 4) is 11.1 Å². The number of allylic oxidation sites excluding steroid dienone is 1. The first-order valence-electron chi connectivity index (χ1n) is 12.0. The molecule has 7 nitrogen and oxygen atoms in total. The second-order valence-corrected chi connectivity index (χ2v) is 11.4. The van der Waals surface area contributed by atoms with Crippen LogP contribution in [-0.2, 0) is 4.20 Å². The zero-order chi connectivity index (χ0) is 25.3. The van der Waals surface area contributed by atoms with E-state index in [1.165, 1.54) is 0 Å². The topological polar surface area (TPSA) is 62.1 Å². The van der Waals surface area contributed by atoms with Gasteiger partial charge in [-0.25, -0.2) is 14.6 Å². The fourth-order valence-electron chi connectivity index (χ4n) is 4.34. The molecule has 0 spiro atoms. The van der Waals surface area contributed by atoms with Crippen molar-refractivity contribution >= 4 is 53.4 Å². The summed E-state index contributed by atoms with van der Waals surface area (Å²) in [6.45, 7) is 7.99. The van der Waals surface area contributed by atoms with E-state index in [4.69, 9.17) is 0 Å². The molecule has 1 aliphatic heterocycles. The molecule has 1 aromatic carbocycles. The van der Waals surface area contributed by atoms with E-state index in [2.05, 4.69) is 98.9 Å². The average molecular weight is 518 g/mol. The number of nitrogens with zero attached hydrogens (tertiary/aromatic N) is 6. The van der Waals surface area contributed by atoms with Crippen molar-refractivity contribution in [1.29, 1.82) is 0 Å². The summed E-state index contributed by atoms with van der Waals surface area (Å²) in [5, 5.41) is 10.1. The molecule has 0 unspecified atom stereocenters. The molecule has 9 heteroatoms. The minimum Gasteiger partial charge on any atom is -0.354 e. The molecule has 0 amide bonds. The first-order chi connectivity index (χ1) is 17.3. The molecule has 1 fully saturated rings. The lowest BCUT2D eigenvalue weighted by atomic mass is 10.0. The quantitative estimate of drug-likeness (QED) is 0.241. The van der Waals surface area contributed by atoms with E-state index in [1.807, 2.05) is 44.7 Å². The van der Waals surface area contributed by atoms with Crippen LogP contribution in [0.3, 0.4) is 0 Å².